The Bertz CT molecular complexity index is 1290. The van der Waals surface area contributed by atoms with E-state index in [0.29, 0.717) is 28.7 Å². The van der Waals surface area contributed by atoms with Crippen LogP contribution in [-0.2, 0) is 4.84 Å². The molecule has 0 saturated heterocycles. The Morgan fingerprint density at radius 1 is 0.935 bits per heavy atom. The quantitative estimate of drug-likeness (QED) is 0.381. The summed E-state index contributed by atoms with van der Waals surface area (Å²) in [6.45, 7) is 0. The summed E-state index contributed by atoms with van der Waals surface area (Å²) in [6.07, 6.45) is 4.12. The number of hydroxylamine groups is 1. The summed E-state index contributed by atoms with van der Waals surface area (Å²) in [6, 6.07) is 20.6. The first kappa shape index (κ1) is 19.8. The first-order chi connectivity index (χ1) is 15.2. The second-order valence-corrected chi connectivity index (χ2v) is 6.64. The Kier molecular flexibility index (Phi) is 5.66. The number of aromatic nitrogens is 2. The van der Waals surface area contributed by atoms with Crippen LogP contribution < -0.4 is 5.48 Å². The van der Waals surface area contributed by atoms with Gasteiger partial charge in [-0.15, -0.1) is 0 Å². The van der Waals surface area contributed by atoms with Crippen molar-refractivity contribution in [3.8, 4) is 0 Å². The van der Waals surface area contributed by atoms with Crippen LogP contribution in [0.25, 0.3) is 23.1 Å². The van der Waals surface area contributed by atoms with Crippen molar-refractivity contribution in [1.82, 2.24) is 15.7 Å². The predicted octanol–water partition coefficient (Wildman–Crippen LogP) is 4.05. The van der Waals surface area contributed by atoms with Crippen molar-refractivity contribution in [2.75, 3.05) is 0 Å². The van der Waals surface area contributed by atoms with Gasteiger partial charge in [-0.3, -0.25) is 14.7 Å². The van der Waals surface area contributed by atoms with Gasteiger partial charge in [0.15, 0.2) is 0 Å². The number of carbonyl (C=O) groups excluding carboxylic acids is 3. The Morgan fingerprint density at radius 2 is 1.71 bits per heavy atom. The van der Waals surface area contributed by atoms with Crippen LogP contribution in [0, 0.1) is 0 Å². The van der Waals surface area contributed by atoms with Gasteiger partial charge in [0, 0.05) is 10.9 Å². The van der Waals surface area contributed by atoms with E-state index in [0.717, 1.165) is 10.9 Å². The standard InChI is InChI=1S/C24H17N3O4/c28-15-16-10-11-17(12-13-22-19-8-4-5-9-21(19)25-26-22)20(14-16)23(29)27-31-24(30)18-6-2-1-3-7-18/h1-15H,(H,25,26)(H,27,29)/b13-12+. The number of fused-ring (bicyclic) bond motifs is 1. The van der Waals surface area contributed by atoms with E-state index in [2.05, 4.69) is 15.7 Å². The maximum atomic E-state index is 12.7. The first-order valence-corrected chi connectivity index (χ1v) is 9.42. The van der Waals surface area contributed by atoms with Crippen molar-refractivity contribution in [1.29, 1.82) is 0 Å². The number of rotatable bonds is 5. The molecule has 0 aliphatic carbocycles. The number of aldehydes is 1. The van der Waals surface area contributed by atoms with E-state index in [1.54, 1.807) is 54.6 Å². The van der Waals surface area contributed by atoms with Gasteiger partial charge in [0.05, 0.1) is 22.3 Å². The predicted molar refractivity (Wildman–Crippen MR) is 116 cm³/mol. The van der Waals surface area contributed by atoms with Crippen LogP contribution >= 0.6 is 0 Å². The molecule has 0 spiro atoms. The minimum Gasteiger partial charge on any atom is -0.335 e. The fraction of sp³-hybridized carbons (Fsp3) is 0. The Balaban J connectivity index is 1.57. The Labute approximate surface area is 177 Å². The van der Waals surface area contributed by atoms with Gasteiger partial charge in [-0.05, 0) is 35.9 Å². The molecule has 0 saturated carbocycles. The Morgan fingerprint density at radius 3 is 2.52 bits per heavy atom. The summed E-state index contributed by atoms with van der Waals surface area (Å²) in [5.74, 6) is -1.35. The number of aromatic amines is 1. The molecule has 4 aromatic rings. The molecule has 4 rings (SSSR count). The zero-order valence-electron chi connectivity index (χ0n) is 16.2. The molecular weight excluding hydrogens is 394 g/mol. The summed E-state index contributed by atoms with van der Waals surface area (Å²) in [7, 11) is 0. The van der Waals surface area contributed by atoms with Crippen LogP contribution in [0.4, 0.5) is 0 Å². The maximum Gasteiger partial charge on any atom is 0.362 e. The number of H-pyrrole nitrogens is 1. The molecule has 1 heterocycles. The lowest BCUT2D eigenvalue weighted by Gasteiger charge is -2.09. The van der Waals surface area contributed by atoms with Crippen molar-refractivity contribution in [3.05, 3.63) is 101 Å². The van der Waals surface area contributed by atoms with Crippen molar-refractivity contribution in [2.45, 2.75) is 0 Å². The Hall–Kier alpha value is -4.52. The SMILES string of the molecule is O=Cc1ccc(/C=C/c2n[nH]c3ccccc23)c(C(=O)NOC(=O)c2ccccc2)c1. The van der Waals surface area contributed by atoms with E-state index in [-0.39, 0.29) is 5.56 Å². The van der Waals surface area contributed by atoms with Crippen molar-refractivity contribution in [3.63, 3.8) is 0 Å². The van der Waals surface area contributed by atoms with E-state index in [9.17, 15) is 14.4 Å². The molecule has 0 radical (unpaired) electrons. The van der Waals surface area contributed by atoms with Crippen LogP contribution in [0.2, 0.25) is 0 Å². The zero-order valence-corrected chi connectivity index (χ0v) is 16.2. The van der Waals surface area contributed by atoms with Gasteiger partial charge in [-0.1, -0.05) is 54.6 Å². The third-order valence-electron chi connectivity index (χ3n) is 4.62. The van der Waals surface area contributed by atoms with Crippen LogP contribution in [-0.4, -0.2) is 28.4 Å². The lowest BCUT2D eigenvalue weighted by atomic mass is 10.0. The molecule has 31 heavy (non-hydrogen) atoms. The van der Waals surface area contributed by atoms with E-state index in [1.165, 1.54) is 6.07 Å². The molecule has 1 aromatic heterocycles. The number of nitrogens with one attached hydrogen (secondary N) is 2. The third kappa shape index (κ3) is 4.40. The maximum absolute atomic E-state index is 12.7. The van der Waals surface area contributed by atoms with Crippen molar-refractivity contribution in [2.24, 2.45) is 0 Å². The second-order valence-electron chi connectivity index (χ2n) is 6.64. The molecule has 0 bridgehead atoms. The smallest absolute Gasteiger partial charge is 0.335 e. The van der Waals surface area contributed by atoms with Gasteiger partial charge < -0.3 is 4.84 Å². The summed E-state index contributed by atoms with van der Waals surface area (Å²) in [4.78, 5) is 40.9. The number of hydrogen-bond donors (Lipinski definition) is 2. The van der Waals surface area contributed by atoms with E-state index >= 15 is 0 Å². The molecule has 7 nitrogen and oxygen atoms in total. The normalized spacial score (nSPS) is 10.8. The van der Waals surface area contributed by atoms with E-state index < -0.39 is 11.9 Å². The summed E-state index contributed by atoms with van der Waals surface area (Å²) >= 11 is 0. The van der Waals surface area contributed by atoms with Crippen LogP contribution in [0.1, 0.15) is 42.3 Å². The molecule has 7 heteroatoms. The summed E-state index contributed by atoms with van der Waals surface area (Å²) in [5.41, 5.74) is 5.09. The molecule has 3 aromatic carbocycles. The fourth-order valence-electron chi connectivity index (χ4n) is 3.05. The lowest BCUT2D eigenvalue weighted by molar-refractivity contribution is 0.0230. The van der Waals surface area contributed by atoms with Crippen LogP contribution in [0.5, 0.6) is 0 Å². The molecule has 0 aliphatic heterocycles. The average Bonchev–Trinajstić information content (AvgIpc) is 3.24. The molecule has 0 fully saturated rings. The highest BCUT2D eigenvalue weighted by atomic mass is 16.7. The second kappa shape index (κ2) is 8.87. The van der Waals surface area contributed by atoms with Gasteiger partial charge >= 0.3 is 5.97 Å². The first-order valence-electron chi connectivity index (χ1n) is 9.42. The number of nitrogens with zero attached hydrogens (tertiary/aromatic N) is 1. The highest BCUT2D eigenvalue weighted by Crippen LogP contribution is 2.19. The molecule has 0 aliphatic rings. The molecule has 1 amide bonds. The highest BCUT2D eigenvalue weighted by molar-refractivity contribution is 6.01. The zero-order chi connectivity index (χ0) is 21.6. The topological polar surface area (TPSA) is 101 Å². The fourth-order valence-corrected chi connectivity index (χ4v) is 3.05. The van der Waals surface area contributed by atoms with Crippen molar-refractivity contribution < 1.29 is 19.2 Å². The van der Waals surface area contributed by atoms with Gasteiger partial charge in [0.25, 0.3) is 5.91 Å². The number of hydrogen-bond acceptors (Lipinski definition) is 5. The molecule has 0 unspecified atom stereocenters. The van der Waals surface area contributed by atoms with Gasteiger partial charge in [0.2, 0.25) is 0 Å². The number of carbonyl (C=O) groups is 3. The minimum atomic E-state index is -0.694. The van der Waals surface area contributed by atoms with Gasteiger partial charge in [-0.2, -0.15) is 10.6 Å². The van der Waals surface area contributed by atoms with Crippen LogP contribution in [0.15, 0.2) is 72.8 Å². The largest absolute Gasteiger partial charge is 0.362 e. The van der Waals surface area contributed by atoms with E-state index in [1.807, 2.05) is 24.3 Å². The minimum absolute atomic E-state index is 0.182. The highest BCUT2D eigenvalue weighted by Gasteiger charge is 2.14. The molecular formula is C24H17N3O4. The van der Waals surface area contributed by atoms with Gasteiger partial charge in [-0.25, -0.2) is 4.79 Å². The van der Waals surface area contributed by atoms with E-state index in [4.69, 9.17) is 4.84 Å². The van der Waals surface area contributed by atoms with Crippen LogP contribution in [0.3, 0.4) is 0 Å². The number of benzene rings is 3. The summed E-state index contributed by atoms with van der Waals surface area (Å²) < 4.78 is 0. The molecule has 152 valence electrons. The monoisotopic (exact) mass is 411 g/mol. The van der Waals surface area contributed by atoms with Crippen molar-refractivity contribution >= 4 is 41.2 Å². The summed E-state index contributed by atoms with van der Waals surface area (Å²) in [5, 5.41) is 8.15. The molecule has 2 N–H and O–H groups in total. The third-order valence-corrected chi connectivity index (χ3v) is 4.62. The average molecular weight is 411 g/mol. The van der Waals surface area contributed by atoms with Gasteiger partial charge in [0.1, 0.15) is 6.29 Å². The molecule has 0 atom stereocenters. The lowest BCUT2D eigenvalue weighted by Crippen LogP contribution is -2.27. The number of para-hydroxylation sites is 1. The number of amides is 1.